The molecule has 161 valence electrons. The van der Waals surface area contributed by atoms with Crippen LogP contribution in [0.15, 0.2) is 24.3 Å². The summed E-state index contributed by atoms with van der Waals surface area (Å²) in [7, 11) is -2.09. The molecule has 0 bridgehead atoms. The molecule has 1 aromatic rings. The molecule has 0 aliphatic rings. The first-order chi connectivity index (χ1) is 13.2. The third-order valence-corrected chi connectivity index (χ3v) is 5.85. The number of aryl methyl sites for hydroxylation is 1. The molecule has 0 aliphatic carbocycles. The zero-order chi connectivity index (χ0) is 19.7. The minimum absolute atomic E-state index is 0. The average molecular weight is 454 g/mol. The van der Waals surface area contributed by atoms with Crippen molar-refractivity contribution in [2.24, 2.45) is 5.92 Å². The number of benzene rings is 1. The minimum atomic E-state index is -2.09. The van der Waals surface area contributed by atoms with Crippen LogP contribution in [0.1, 0.15) is 97.0 Å². The molecule has 1 aromatic carbocycles. The van der Waals surface area contributed by atoms with Gasteiger partial charge in [-0.1, -0.05) is 90.7 Å². The van der Waals surface area contributed by atoms with E-state index < -0.39 is 8.25 Å². The van der Waals surface area contributed by atoms with Gasteiger partial charge in [0.05, 0.1) is 0 Å². The van der Waals surface area contributed by atoms with Crippen molar-refractivity contribution in [3.8, 4) is 5.75 Å². The van der Waals surface area contributed by atoms with Crippen molar-refractivity contribution < 1.29 is 30.4 Å². The van der Waals surface area contributed by atoms with Gasteiger partial charge in [0.2, 0.25) is 0 Å². The summed E-state index contributed by atoms with van der Waals surface area (Å²) in [5, 5.41) is 0. The Kier molecular flexibility index (Phi) is 18.3. The number of unbranched alkanes of at least 4 members (excludes halogenated alkanes) is 7. The molecule has 28 heavy (non-hydrogen) atoms. The van der Waals surface area contributed by atoms with Gasteiger partial charge in [0, 0.05) is 4.57 Å². The Morgan fingerprint density at radius 3 is 2.07 bits per heavy atom. The minimum Gasteiger partial charge on any atom is -0.229 e. The Bertz CT molecular complexity index is 493. The van der Waals surface area contributed by atoms with Crippen molar-refractivity contribution in [2.45, 2.75) is 97.8 Å². The predicted molar refractivity (Wildman–Crippen MR) is 116 cm³/mol. The third kappa shape index (κ3) is 13.7. The van der Waals surface area contributed by atoms with Crippen LogP contribution in [0.4, 0.5) is 0 Å². The maximum Gasteiger partial charge on any atom is 2.00 e. The maximum atomic E-state index is 12.0. The molecule has 3 nitrogen and oxygen atoms in total. The SMILES string of the molecule is CCCCCCCCCc1ccc(O[P+](=O)OCC(CC)CCCC)cc1.[Co+2]. The fraction of sp³-hybridized carbons (Fsp3) is 0.739. The van der Waals surface area contributed by atoms with Crippen LogP contribution in [0.3, 0.4) is 0 Å². The summed E-state index contributed by atoms with van der Waals surface area (Å²) in [4.78, 5) is 0. The van der Waals surface area contributed by atoms with Crippen molar-refractivity contribution in [1.82, 2.24) is 0 Å². The van der Waals surface area contributed by atoms with E-state index in [4.69, 9.17) is 9.05 Å². The third-order valence-electron chi connectivity index (χ3n) is 5.13. The summed E-state index contributed by atoms with van der Waals surface area (Å²) >= 11 is 0. The van der Waals surface area contributed by atoms with Gasteiger partial charge in [0.1, 0.15) is 6.61 Å². The van der Waals surface area contributed by atoms with Gasteiger partial charge in [-0.2, -0.15) is 0 Å². The Balaban J connectivity index is 0.00000729. The van der Waals surface area contributed by atoms with Gasteiger partial charge in [-0.3, -0.25) is 0 Å². The van der Waals surface area contributed by atoms with Crippen LogP contribution in [0, 0.1) is 5.92 Å². The van der Waals surface area contributed by atoms with Gasteiger partial charge < -0.3 is 0 Å². The van der Waals surface area contributed by atoms with Crippen molar-refractivity contribution >= 4 is 8.25 Å². The fourth-order valence-corrected chi connectivity index (χ4v) is 3.86. The van der Waals surface area contributed by atoms with Gasteiger partial charge in [-0.05, 0) is 42.9 Å². The zero-order valence-corrected chi connectivity index (χ0v) is 20.0. The van der Waals surface area contributed by atoms with E-state index in [1.54, 1.807) is 0 Å². The van der Waals surface area contributed by atoms with Crippen LogP contribution < -0.4 is 4.52 Å². The van der Waals surface area contributed by atoms with Gasteiger partial charge in [0.25, 0.3) is 0 Å². The second kappa shape index (κ2) is 18.6. The molecule has 0 heterocycles. The van der Waals surface area contributed by atoms with Crippen LogP contribution in [0.2, 0.25) is 0 Å². The first-order valence-electron chi connectivity index (χ1n) is 11.1. The van der Waals surface area contributed by atoms with Crippen molar-refractivity contribution in [1.29, 1.82) is 0 Å². The summed E-state index contributed by atoms with van der Waals surface area (Å²) in [6.07, 6.45) is 15.0. The summed E-state index contributed by atoms with van der Waals surface area (Å²) in [5.74, 6) is 1.10. The van der Waals surface area contributed by atoms with E-state index in [9.17, 15) is 4.57 Å². The van der Waals surface area contributed by atoms with Crippen molar-refractivity contribution in [3.05, 3.63) is 29.8 Å². The van der Waals surface area contributed by atoms with E-state index in [1.807, 2.05) is 12.1 Å². The van der Waals surface area contributed by atoms with Crippen LogP contribution in [0.25, 0.3) is 0 Å². The number of hydrogen-bond acceptors (Lipinski definition) is 3. The predicted octanol–water partition coefficient (Wildman–Crippen LogP) is 8.25. The van der Waals surface area contributed by atoms with E-state index in [-0.39, 0.29) is 16.8 Å². The van der Waals surface area contributed by atoms with Crippen LogP contribution in [-0.4, -0.2) is 6.61 Å². The molecule has 2 unspecified atom stereocenters. The molecule has 1 rings (SSSR count). The van der Waals surface area contributed by atoms with Crippen LogP contribution in [-0.2, 0) is 32.3 Å². The molecule has 2 atom stereocenters. The molecule has 0 saturated carbocycles. The molecule has 1 radical (unpaired) electrons. The molecule has 0 aromatic heterocycles. The fourth-order valence-electron chi connectivity index (χ4n) is 3.18. The second-order valence-electron chi connectivity index (χ2n) is 7.54. The molecule has 5 heteroatoms. The molecule has 0 spiro atoms. The summed E-state index contributed by atoms with van der Waals surface area (Å²) in [6.45, 7) is 7.11. The number of hydrogen-bond donors (Lipinski definition) is 0. The van der Waals surface area contributed by atoms with Crippen LogP contribution >= 0.6 is 8.25 Å². The van der Waals surface area contributed by atoms with Gasteiger partial charge >= 0.3 is 25.0 Å². The summed E-state index contributed by atoms with van der Waals surface area (Å²) in [5.41, 5.74) is 1.32. The molecular formula is C23H40CoO3P+3. The van der Waals surface area contributed by atoms with E-state index in [2.05, 4.69) is 32.9 Å². The van der Waals surface area contributed by atoms with Crippen LogP contribution in [0.5, 0.6) is 5.75 Å². The normalized spacial score (nSPS) is 12.3. The first kappa shape index (κ1) is 27.6. The smallest absolute Gasteiger partial charge is 0.229 e. The Morgan fingerprint density at radius 1 is 0.857 bits per heavy atom. The van der Waals surface area contributed by atoms with Gasteiger partial charge in [-0.15, -0.1) is 4.52 Å². The molecule has 0 N–H and O–H groups in total. The first-order valence-corrected chi connectivity index (χ1v) is 12.2. The standard InChI is InChI=1S/C23H40O3P.Co/c1-4-7-9-10-11-12-13-15-22-16-18-23(19-17-22)26-27(24)25-20-21(6-3)14-8-5-2;/h16-19,21H,4-15,20H2,1-3H3;/q+1;+2. The van der Waals surface area contributed by atoms with Gasteiger partial charge in [0.15, 0.2) is 5.75 Å². The monoisotopic (exact) mass is 454 g/mol. The summed E-state index contributed by atoms with van der Waals surface area (Å²) in [6, 6.07) is 7.96. The van der Waals surface area contributed by atoms with Crippen molar-refractivity contribution in [2.75, 3.05) is 6.61 Å². The molecule has 0 aliphatic heterocycles. The Morgan fingerprint density at radius 2 is 1.46 bits per heavy atom. The molecule has 0 amide bonds. The average Bonchev–Trinajstić information content (AvgIpc) is 2.68. The second-order valence-corrected chi connectivity index (χ2v) is 8.43. The van der Waals surface area contributed by atoms with E-state index in [0.717, 1.165) is 19.3 Å². The maximum absolute atomic E-state index is 12.0. The van der Waals surface area contributed by atoms with Gasteiger partial charge in [-0.25, -0.2) is 4.52 Å². The van der Waals surface area contributed by atoms with Crippen molar-refractivity contribution in [3.63, 3.8) is 0 Å². The van der Waals surface area contributed by atoms with E-state index in [1.165, 1.54) is 63.4 Å². The Hall–Kier alpha value is -0.414. The number of rotatable bonds is 17. The zero-order valence-electron chi connectivity index (χ0n) is 18.1. The summed E-state index contributed by atoms with van der Waals surface area (Å²) < 4.78 is 22.9. The van der Waals surface area contributed by atoms with E-state index in [0.29, 0.717) is 18.3 Å². The molecule has 0 saturated heterocycles. The largest absolute Gasteiger partial charge is 2.00 e. The molecule has 0 fully saturated rings. The van der Waals surface area contributed by atoms with E-state index >= 15 is 0 Å². The topological polar surface area (TPSA) is 35.5 Å². The molecular weight excluding hydrogens is 414 g/mol. The quantitative estimate of drug-likeness (QED) is 0.176. The Labute approximate surface area is 184 Å².